The number of ether oxygens (including phenoxy) is 1. The summed E-state index contributed by atoms with van der Waals surface area (Å²) in [7, 11) is 0. The predicted octanol–water partition coefficient (Wildman–Crippen LogP) is 0.776. The lowest BCUT2D eigenvalue weighted by molar-refractivity contribution is -0.134. The van der Waals surface area contributed by atoms with Crippen LogP contribution < -0.4 is 15.8 Å². The molecule has 2 amide bonds. The number of carbonyl (C=O) groups excluding carboxylic acids is 2. The summed E-state index contributed by atoms with van der Waals surface area (Å²) in [6, 6.07) is 6.86. The molecule has 1 aromatic rings. The van der Waals surface area contributed by atoms with Crippen molar-refractivity contribution in [3.8, 4) is 5.75 Å². The number of likely N-dealkylation sites (tertiary alicyclic amines) is 1. The number of anilines is 1. The number of benzene rings is 1. The molecule has 1 aliphatic heterocycles. The Kier molecular flexibility index (Phi) is 5.43. The number of piperidine rings is 1. The second-order valence-corrected chi connectivity index (χ2v) is 5.08. The lowest BCUT2D eigenvalue weighted by Crippen LogP contribution is -2.43. The van der Waals surface area contributed by atoms with Gasteiger partial charge in [-0.25, -0.2) is 0 Å². The molecule has 114 valence electrons. The number of hydrogen-bond donors (Lipinski definition) is 2. The Hall–Kier alpha value is -2.24. The molecule has 1 fully saturated rings. The molecule has 6 nitrogen and oxygen atoms in total. The van der Waals surface area contributed by atoms with Crippen LogP contribution in [0.3, 0.4) is 0 Å². The first kappa shape index (κ1) is 15.2. The van der Waals surface area contributed by atoms with Crippen molar-refractivity contribution in [2.75, 3.05) is 32.0 Å². The minimum atomic E-state index is -0.317. The van der Waals surface area contributed by atoms with Crippen LogP contribution in [0, 0.1) is 0 Å². The summed E-state index contributed by atoms with van der Waals surface area (Å²) < 4.78 is 5.31. The molecule has 0 atom stereocenters. The summed E-state index contributed by atoms with van der Waals surface area (Å²) in [6.45, 7) is 1.47. The average Bonchev–Trinajstić information content (AvgIpc) is 2.51. The molecule has 0 spiro atoms. The van der Waals surface area contributed by atoms with E-state index >= 15 is 0 Å². The molecule has 0 aromatic heterocycles. The van der Waals surface area contributed by atoms with Gasteiger partial charge in [-0.3, -0.25) is 9.59 Å². The van der Waals surface area contributed by atoms with Gasteiger partial charge < -0.3 is 20.7 Å². The Balaban J connectivity index is 1.68. The van der Waals surface area contributed by atoms with Gasteiger partial charge in [0.2, 0.25) is 5.91 Å². The van der Waals surface area contributed by atoms with Crippen LogP contribution in [0.15, 0.2) is 24.3 Å². The van der Waals surface area contributed by atoms with Crippen LogP contribution >= 0.6 is 0 Å². The van der Waals surface area contributed by atoms with Crippen molar-refractivity contribution in [2.45, 2.75) is 19.3 Å². The molecule has 0 unspecified atom stereocenters. The number of nitrogen functional groups attached to an aromatic ring is 1. The van der Waals surface area contributed by atoms with Gasteiger partial charge in [-0.15, -0.1) is 0 Å². The maximum Gasteiger partial charge on any atom is 0.258 e. The van der Waals surface area contributed by atoms with E-state index in [0.717, 1.165) is 25.9 Å². The van der Waals surface area contributed by atoms with E-state index in [-0.39, 0.29) is 25.0 Å². The van der Waals surface area contributed by atoms with Crippen molar-refractivity contribution < 1.29 is 14.3 Å². The normalized spacial score (nSPS) is 14.6. The molecule has 1 aromatic carbocycles. The Bertz CT molecular complexity index is 499. The van der Waals surface area contributed by atoms with Crippen LogP contribution in [0.1, 0.15) is 19.3 Å². The van der Waals surface area contributed by atoms with Crippen LogP contribution in [-0.2, 0) is 9.59 Å². The molecule has 1 aliphatic rings. The van der Waals surface area contributed by atoms with Gasteiger partial charge >= 0.3 is 0 Å². The summed E-state index contributed by atoms with van der Waals surface area (Å²) in [5, 5.41) is 2.58. The molecule has 1 saturated heterocycles. The molecule has 0 radical (unpaired) electrons. The van der Waals surface area contributed by atoms with E-state index in [1.807, 2.05) is 0 Å². The van der Waals surface area contributed by atoms with E-state index in [1.54, 1.807) is 29.2 Å². The van der Waals surface area contributed by atoms with Gasteiger partial charge in [0.05, 0.1) is 6.54 Å². The van der Waals surface area contributed by atoms with E-state index in [2.05, 4.69) is 5.32 Å². The molecule has 0 saturated carbocycles. The third-order valence-electron chi connectivity index (χ3n) is 3.37. The fourth-order valence-corrected chi connectivity index (χ4v) is 2.23. The second-order valence-electron chi connectivity index (χ2n) is 5.08. The molecular formula is C15H21N3O3. The summed E-state index contributed by atoms with van der Waals surface area (Å²) in [5.41, 5.74) is 6.19. The highest BCUT2D eigenvalue weighted by Crippen LogP contribution is 2.14. The molecule has 1 heterocycles. The number of rotatable bonds is 5. The van der Waals surface area contributed by atoms with Gasteiger partial charge in [0.1, 0.15) is 5.75 Å². The summed E-state index contributed by atoms with van der Waals surface area (Å²) in [5.74, 6) is 0.183. The number of nitrogens with two attached hydrogens (primary N) is 1. The van der Waals surface area contributed by atoms with Crippen molar-refractivity contribution in [2.24, 2.45) is 0 Å². The highest BCUT2D eigenvalue weighted by Gasteiger charge is 2.16. The smallest absolute Gasteiger partial charge is 0.258 e. The molecule has 21 heavy (non-hydrogen) atoms. The molecular weight excluding hydrogens is 270 g/mol. The minimum Gasteiger partial charge on any atom is -0.484 e. The maximum atomic E-state index is 11.9. The van der Waals surface area contributed by atoms with Crippen molar-refractivity contribution in [3.05, 3.63) is 24.3 Å². The van der Waals surface area contributed by atoms with Crippen LogP contribution in [0.2, 0.25) is 0 Å². The molecule has 2 rings (SSSR count). The monoisotopic (exact) mass is 291 g/mol. The highest BCUT2D eigenvalue weighted by molar-refractivity contribution is 5.85. The zero-order valence-electron chi connectivity index (χ0n) is 12.0. The third kappa shape index (κ3) is 4.98. The van der Waals surface area contributed by atoms with E-state index in [9.17, 15) is 9.59 Å². The summed E-state index contributed by atoms with van der Waals surface area (Å²) in [6.07, 6.45) is 3.25. The van der Waals surface area contributed by atoms with E-state index < -0.39 is 0 Å². The van der Waals surface area contributed by atoms with E-state index in [1.165, 1.54) is 6.42 Å². The van der Waals surface area contributed by atoms with Gasteiger partial charge in [-0.2, -0.15) is 0 Å². The van der Waals surface area contributed by atoms with Gasteiger partial charge in [0.15, 0.2) is 6.61 Å². The van der Waals surface area contributed by atoms with Crippen LogP contribution in [-0.4, -0.2) is 43.0 Å². The van der Waals surface area contributed by atoms with Gasteiger partial charge in [-0.05, 0) is 31.4 Å². The topological polar surface area (TPSA) is 84.7 Å². The Morgan fingerprint density at radius 1 is 1.24 bits per heavy atom. The lowest BCUT2D eigenvalue weighted by atomic mass is 10.1. The predicted molar refractivity (Wildman–Crippen MR) is 79.8 cm³/mol. The van der Waals surface area contributed by atoms with Crippen LogP contribution in [0.4, 0.5) is 5.69 Å². The quantitative estimate of drug-likeness (QED) is 0.785. The number of amides is 2. The SMILES string of the molecule is Nc1cccc(OCC(=O)NCC(=O)N2CCCCC2)c1. The molecule has 6 heteroatoms. The van der Waals surface area contributed by atoms with Gasteiger partial charge in [-0.1, -0.05) is 6.07 Å². The zero-order valence-corrected chi connectivity index (χ0v) is 12.0. The largest absolute Gasteiger partial charge is 0.484 e. The Morgan fingerprint density at radius 2 is 2.00 bits per heavy atom. The van der Waals surface area contributed by atoms with Crippen molar-refractivity contribution in [1.29, 1.82) is 0 Å². The Labute approximate surface area is 124 Å². The summed E-state index contributed by atoms with van der Waals surface area (Å²) >= 11 is 0. The van der Waals surface area contributed by atoms with Crippen molar-refractivity contribution >= 4 is 17.5 Å². The molecule has 3 N–H and O–H groups in total. The number of hydrogen-bond acceptors (Lipinski definition) is 4. The van der Waals surface area contributed by atoms with Gasteiger partial charge in [0, 0.05) is 24.8 Å². The van der Waals surface area contributed by atoms with Gasteiger partial charge in [0.25, 0.3) is 5.91 Å². The number of nitrogens with zero attached hydrogens (tertiary/aromatic N) is 1. The highest BCUT2D eigenvalue weighted by atomic mass is 16.5. The van der Waals surface area contributed by atoms with E-state index in [4.69, 9.17) is 10.5 Å². The van der Waals surface area contributed by atoms with Crippen LogP contribution in [0.5, 0.6) is 5.75 Å². The first-order valence-electron chi connectivity index (χ1n) is 7.18. The lowest BCUT2D eigenvalue weighted by Gasteiger charge is -2.26. The first-order valence-corrected chi connectivity index (χ1v) is 7.18. The fraction of sp³-hybridized carbons (Fsp3) is 0.467. The molecule has 0 bridgehead atoms. The van der Waals surface area contributed by atoms with Crippen molar-refractivity contribution in [3.63, 3.8) is 0 Å². The van der Waals surface area contributed by atoms with Crippen molar-refractivity contribution in [1.82, 2.24) is 10.2 Å². The third-order valence-corrected chi connectivity index (χ3v) is 3.37. The standard InChI is InChI=1S/C15H21N3O3/c16-12-5-4-6-13(9-12)21-11-14(19)17-10-15(20)18-7-2-1-3-8-18/h4-6,9H,1-3,7-8,10-11,16H2,(H,17,19). The Morgan fingerprint density at radius 3 is 2.71 bits per heavy atom. The second kappa shape index (κ2) is 7.52. The fourth-order valence-electron chi connectivity index (χ4n) is 2.23. The number of nitrogens with one attached hydrogen (secondary N) is 1. The average molecular weight is 291 g/mol. The maximum absolute atomic E-state index is 11.9. The minimum absolute atomic E-state index is 0.0269. The molecule has 0 aliphatic carbocycles. The first-order chi connectivity index (χ1) is 10.1. The number of carbonyl (C=O) groups is 2. The van der Waals surface area contributed by atoms with Crippen LogP contribution in [0.25, 0.3) is 0 Å². The van der Waals surface area contributed by atoms with E-state index in [0.29, 0.717) is 11.4 Å². The zero-order chi connectivity index (χ0) is 15.1. The summed E-state index contributed by atoms with van der Waals surface area (Å²) in [4.78, 5) is 25.3.